The monoisotopic (exact) mass is 582 g/mol. The van der Waals surface area contributed by atoms with Crippen molar-refractivity contribution in [3.05, 3.63) is 114 Å². The number of piperidine rings is 1. The van der Waals surface area contributed by atoms with Gasteiger partial charge in [0.2, 0.25) is 0 Å². The van der Waals surface area contributed by atoms with E-state index in [-0.39, 0.29) is 24.3 Å². The third-order valence-corrected chi connectivity index (χ3v) is 7.88. The number of carbonyl (C=O) groups is 1. The predicted octanol–water partition coefficient (Wildman–Crippen LogP) is 5.95. The van der Waals surface area contributed by atoms with Gasteiger partial charge in [-0.05, 0) is 54.2 Å². The van der Waals surface area contributed by atoms with Crippen molar-refractivity contribution >= 4 is 11.9 Å². The number of ketones is 1. The van der Waals surface area contributed by atoms with Crippen LogP contribution in [0.3, 0.4) is 0 Å². The Morgan fingerprint density at radius 3 is 2.28 bits per heavy atom. The molecule has 2 saturated heterocycles. The number of nitrogens with two attached hydrogens (primary N) is 1. The van der Waals surface area contributed by atoms with Crippen LogP contribution in [0.5, 0.6) is 11.5 Å². The topological polar surface area (TPSA) is 83.3 Å². The lowest BCUT2D eigenvalue weighted by Gasteiger charge is -2.35. The molecule has 0 bridgehead atoms. The third-order valence-electron chi connectivity index (χ3n) is 7.88. The van der Waals surface area contributed by atoms with Crippen molar-refractivity contribution < 1.29 is 23.7 Å². The summed E-state index contributed by atoms with van der Waals surface area (Å²) in [6, 6.07) is 25.9. The summed E-state index contributed by atoms with van der Waals surface area (Å²) >= 11 is 0. The van der Waals surface area contributed by atoms with Crippen LogP contribution in [0.25, 0.3) is 6.08 Å². The lowest BCUT2D eigenvalue weighted by Crippen LogP contribution is -2.46. The highest BCUT2D eigenvalue weighted by Crippen LogP contribution is 2.32. The highest BCUT2D eigenvalue weighted by Gasteiger charge is 2.26. The molecule has 3 aromatic rings. The van der Waals surface area contributed by atoms with Gasteiger partial charge in [0.15, 0.2) is 23.6 Å². The quantitative estimate of drug-likeness (QED) is 0.197. The van der Waals surface area contributed by atoms with Gasteiger partial charge in [0.25, 0.3) is 0 Å². The number of hydrogen-bond donors (Lipinski definition) is 1. The Hall–Kier alpha value is -3.75. The van der Waals surface area contributed by atoms with Gasteiger partial charge in [-0.3, -0.25) is 4.79 Å². The fourth-order valence-electron chi connectivity index (χ4n) is 5.50. The van der Waals surface area contributed by atoms with E-state index in [1.807, 2.05) is 42.5 Å². The minimum absolute atomic E-state index is 0.0888. The number of carbonyl (C=O) groups excluding carboxylic acids is 1. The lowest BCUT2D eigenvalue weighted by molar-refractivity contribution is -0.116. The zero-order valence-electron chi connectivity index (χ0n) is 24.8. The van der Waals surface area contributed by atoms with Crippen LogP contribution < -0.4 is 15.2 Å². The van der Waals surface area contributed by atoms with E-state index in [0.717, 1.165) is 62.1 Å². The molecule has 2 fully saturated rings. The largest absolute Gasteiger partial charge is 0.493 e. The number of allylic oxidation sites excluding steroid dienone is 2. The summed E-state index contributed by atoms with van der Waals surface area (Å²) in [5, 5.41) is 0. The summed E-state index contributed by atoms with van der Waals surface area (Å²) in [5.41, 5.74) is 9.54. The summed E-state index contributed by atoms with van der Waals surface area (Å²) in [6.07, 6.45) is 10.5. The van der Waals surface area contributed by atoms with Gasteiger partial charge in [-0.2, -0.15) is 0 Å². The van der Waals surface area contributed by atoms with Crippen molar-refractivity contribution in [1.82, 2.24) is 4.90 Å². The van der Waals surface area contributed by atoms with Gasteiger partial charge >= 0.3 is 0 Å². The first-order valence-corrected chi connectivity index (χ1v) is 15.2. The minimum atomic E-state index is -0.571. The second-order valence-corrected chi connectivity index (χ2v) is 11.0. The van der Waals surface area contributed by atoms with Crippen molar-refractivity contribution in [3.8, 4) is 11.5 Å². The molecule has 2 unspecified atom stereocenters. The molecular formula is C36H42N2O5. The van der Waals surface area contributed by atoms with Crippen molar-refractivity contribution in [2.75, 3.05) is 33.4 Å². The van der Waals surface area contributed by atoms with Crippen LogP contribution in [0.15, 0.2) is 97.1 Å². The molecule has 5 rings (SSSR count). The first-order valence-electron chi connectivity index (χ1n) is 15.2. The van der Waals surface area contributed by atoms with E-state index in [9.17, 15) is 4.79 Å². The Labute approximate surface area is 254 Å². The average Bonchev–Trinajstić information content (AvgIpc) is 3.57. The summed E-state index contributed by atoms with van der Waals surface area (Å²) in [4.78, 5) is 15.0. The highest BCUT2D eigenvalue weighted by atomic mass is 16.7. The molecule has 2 aliphatic rings. The Morgan fingerprint density at radius 1 is 0.953 bits per heavy atom. The van der Waals surface area contributed by atoms with Crippen molar-refractivity contribution in [2.24, 2.45) is 5.73 Å². The molecule has 0 radical (unpaired) electrons. The third kappa shape index (κ3) is 8.88. The zero-order chi connectivity index (χ0) is 29.9. The number of nitrogens with zero attached hydrogens (tertiary/aromatic N) is 1. The van der Waals surface area contributed by atoms with Crippen LogP contribution in [0.4, 0.5) is 0 Å². The predicted molar refractivity (Wildman–Crippen MR) is 169 cm³/mol. The molecule has 2 atom stereocenters. The number of ether oxygens (including phenoxy) is 4. The number of hydrogen-bond acceptors (Lipinski definition) is 7. The van der Waals surface area contributed by atoms with Crippen LogP contribution in [0.1, 0.15) is 48.5 Å². The number of methoxy groups -OCH3 is 1. The van der Waals surface area contributed by atoms with E-state index < -0.39 is 6.04 Å². The summed E-state index contributed by atoms with van der Waals surface area (Å²) in [6.45, 7) is 2.95. The van der Waals surface area contributed by atoms with Gasteiger partial charge in [0, 0.05) is 26.1 Å². The molecule has 43 heavy (non-hydrogen) atoms. The summed E-state index contributed by atoms with van der Waals surface area (Å²) in [7, 11) is 1.62. The summed E-state index contributed by atoms with van der Waals surface area (Å²) < 4.78 is 23.6. The van der Waals surface area contributed by atoms with E-state index in [0.29, 0.717) is 18.0 Å². The van der Waals surface area contributed by atoms with E-state index in [1.54, 1.807) is 19.3 Å². The molecule has 2 heterocycles. The molecule has 7 nitrogen and oxygen atoms in total. The van der Waals surface area contributed by atoms with Crippen LogP contribution >= 0.6 is 0 Å². The van der Waals surface area contributed by atoms with Gasteiger partial charge in [-0.25, -0.2) is 0 Å². The van der Waals surface area contributed by atoms with Crippen LogP contribution in [-0.2, 0) is 14.3 Å². The Balaban J connectivity index is 1.07. The smallest absolute Gasteiger partial charge is 0.200 e. The normalized spacial score (nSPS) is 18.9. The number of benzene rings is 3. The molecule has 7 heteroatoms. The van der Waals surface area contributed by atoms with Crippen LogP contribution in [-0.4, -0.2) is 62.5 Å². The van der Waals surface area contributed by atoms with Crippen molar-refractivity contribution in [2.45, 2.75) is 50.2 Å². The molecule has 0 saturated carbocycles. The minimum Gasteiger partial charge on any atom is -0.493 e. The van der Waals surface area contributed by atoms with E-state index in [4.69, 9.17) is 24.7 Å². The summed E-state index contributed by atoms with van der Waals surface area (Å²) in [5.74, 6) is 1.21. The Bertz CT molecular complexity index is 1310. The van der Waals surface area contributed by atoms with Crippen molar-refractivity contribution in [3.63, 3.8) is 0 Å². The number of rotatable bonds is 13. The lowest BCUT2D eigenvalue weighted by atomic mass is 10.00. The van der Waals surface area contributed by atoms with Gasteiger partial charge in [-0.15, -0.1) is 0 Å². The maximum Gasteiger partial charge on any atom is 0.200 e. The zero-order valence-corrected chi connectivity index (χ0v) is 24.8. The first kappa shape index (κ1) is 30.7. The van der Waals surface area contributed by atoms with Crippen molar-refractivity contribution in [1.29, 1.82) is 0 Å². The van der Waals surface area contributed by atoms with Gasteiger partial charge in [0.1, 0.15) is 6.10 Å². The molecule has 0 spiro atoms. The maximum absolute atomic E-state index is 12.7. The molecule has 3 aromatic carbocycles. The van der Waals surface area contributed by atoms with Gasteiger partial charge in [0.05, 0.1) is 25.9 Å². The Kier molecular flexibility index (Phi) is 11.2. The molecule has 2 aliphatic heterocycles. The first-order chi connectivity index (χ1) is 21.1. The number of likely N-dealkylation sites (tertiary alicyclic amines) is 1. The standard InChI is InChI=1S/C36H42N2O5/c1-40-34-25-27(18-19-33(34)43-35-17-10-24-41-35)11-8-9-16-32(39)31(37)26-38-22-20-30(21-23-38)42-36(28-12-4-2-5-13-28)29-14-6-3-7-15-29/h2-9,11-16,18-19,25,30-31,35-36H,10,17,20-24,26,37H2,1H3. The van der Waals surface area contributed by atoms with Gasteiger partial charge < -0.3 is 29.6 Å². The SMILES string of the molecule is COc1cc(C=CC=CC(=O)C(N)CN2CCC(OC(c3ccccc3)c3ccccc3)CC2)ccc1OC1CCCO1. The molecule has 0 aliphatic carbocycles. The van der Waals surface area contributed by atoms with Crippen LogP contribution in [0, 0.1) is 0 Å². The van der Waals surface area contributed by atoms with Gasteiger partial charge in [-0.1, -0.05) is 85.0 Å². The molecule has 0 amide bonds. The second-order valence-electron chi connectivity index (χ2n) is 11.0. The highest BCUT2D eigenvalue weighted by molar-refractivity contribution is 5.94. The fourth-order valence-corrected chi connectivity index (χ4v) is 5.50. The molecular weight excluding hydrogens is 540 g/mol. The second kappa shape index (κ2) is 15.6. The average molecular weight is 583 g/mol. The van der Waals surface area contributed by atoms with E-state index in [2.05, 4.69) is 53.4 Å². The van der Waals surface area contributed by atoms with E-state index >= 15 is 0 Å². The molecule has 226 valence electrons. The molecule has 0 aromatic heterocycles. The maximum atomic E-state index is 12.7. The Morgan fingerprint density at radius 2 is 1.65 bits per heavy atom. The van der Waals surface area contributed by atoms with Crippen LogP contribution in [0.2, 0.25) is 0 Å². The molecule has 2 N–H and O–H groups in total. The van der Waals surface area contributed by atoms with E-state index in [1.165, 1.54) is 0 Å². The fraction of sp³-hybridized carbons (Fsp3) is 0.361.